The quantitative estimate of drug-likeness (QED) is 0.928. The number of aromatic nitrogens is 3. The van der Waals surface area contributed by atoms with E-state index in [1.54, 1.807) is 0 Å². The van der Waals surface area contributed by atoms with Gasteiger partial charge in [0.15, 0.2) is 10.8 Å². The summed E-state index contributed by atoms with van der Waals surface area (Å²) in [5.74, 6) is 0.959. The summed E-state index contributed by atoms with van der Waals surface area (Å²) in [6.45, 7) is 3.93. The Kier molecular flexibility index (Phi) is 3.91. The third kappa shape index (κ3) is 3.22. The summed E-state index contributed by atoms with van der Waals surface area (Å²) in [6.07, 6.45) is 3.84. The van der Waals surface area contributed by atoms with E-state index in [9.17, 15) is 4.79 Å². The SMILES string of the molecule is CC(C)c1ncc(Cl)c(C(=O)Nc2nc(C3CC3)cs2)n1. The summed E-state index contributed by atoms with van der Waals surface area (Å²) in [5.41, 5.74) is 1.26. The summed E-state index contributed by atoms with van der Waals surface area (Å²) in [4.78, 5) is 25.1. The highest BCUT2D eigenvalue weighted by molar-refractivity contribution is 7.14. The molecule has 1 amide bonds. The Hall–Kier alpha value is -1.53. The van der Waals surface area contributed by atoms with Gasteiger partial charge in [-0.2, -0.15) is 0 Å². The van der Waals surface area contributed by atoms with Crippen molar-refractivity contribution in [3.05, 3.63) is 33.8 Å². The molecule has 3 rings (SSSR count). The van der Waals surface area contributed by atoms with Gasteiger partial charge in [-0.3, -0.25) is 10.1 Å². The fourth-order valence-corrected chi connectivity index (χ4v) is 2.85. The van der Waals surface area contributed by atoms with Crippen LogP contribution < -0.4 is 5.32 Å². The number of amides is 1. The van der Waals surface area contributed by atoms with E-state index >= 15 is 0 Å². The maximum Gasteiger partial charge on any atom is 0.277 e. The van der Waals surface area contributed by atoms with Crippen molar-refractivity contribution >= 4 is 34.0 Å². The Morgan fingerprint density at radius 3 is 2.86 bits per heavy atom. The minimum Gasteiger partial charge on any atom is -0.296 e. The summed E-state index contributed by atoms with van der Waals surface area (Å²) in [7, 11) is 0. The maximum atomic E-state index is 12.3. The molecular formula is C14H15ClN4OS. The fourth-order valence-electron chi connectivity index (χ4n) is 1.88. The van der Waals surface area contributed by atoms with Gasteiger partial charge in [-0.15, -0.1) is 11.3 Å². The second kappa shape index (κ2) is 5.69. The molecule has 0 aromatic carbocycles. The van der Waals surface area contributed by atoms with Crippen molar-refractivity contribution in [3.63, 3.8) is 0 Å². The lowest BCUT2D eigenvalue weighted by molar-refractivity contribution is 0.102. The molecule has 0 spiro atoms. The van der Waals surface area contributed by atoms with Crippen LogP contribution in [0.15, 0.2) is 11.6 Å². The molecule has 2 aromatic rings. The second-order valence-corrected chi connectivity index (χ2v) is 6.65. The Balaban J connectivity index is 1.78. The topological polar surface area (TPSA) is 67.8 Å². The molecule has 0 unspecified atom stereocenters. The number of carbonyl (C=O) groups excluding carboxylic acids is 1. The van der Waals surface area contributed by atoms with Crippen LogP contribution in [0.25, 0.3) is 0 Å². The smallest absolute Gasteiger partial charge is 0.277 e. The van der Waals surface area contributed by atoms with E-state index in [1.165, 1.54) is 30.4 Å². The number of nitrogens with one attached hydrogen (secondary N) is 1. The maximum absolute atomic E-state index is 12.3. The fraction of sp³-hybridized carbons (Fsp3) is 0.429. The number of carbonyl (C=O) groups is 1. The summed E-state index contributed by atoms with van der Waals surface area (Å²) in [5, 5.41) is 5.59. The first kappa shape index (κ1) is 14.4. The van der Waals surface area contributed by atoms with Crippen molar-refractivity contribution in [3.8, 4) is 0 Å². The van der Waals surface area contributed by atoms with E-state index in [0.717, 1.165) is 5.69 Å². The highest BCUT2D eigenvalue weighted by atomic mass is 35.5. The average molecular weight is 323 g/mol. The molecule has 5 nitrogen and oxygen atoms in total. The Morgan fingerprint density at radius 1 is 1.43 bits per heavy atom. The Morgan fingerprint density at radius 2 is 2.19 bits per heavy atom. The molecule has 7 heteroatoms. The van der Waals surface area contributed by atoms with Gasteiger partial charge in [0.25, 0.3) is 5.91 Å². The third-order valence-corrected chi connectivity index (χ3v) is 4.28. The molecule has 0 aliphatic heterocycles. The highest BCUT2D eigenvalue weighted by Crippen LogP contribution is 2.40. The molecule has 2 heterocycles. The highest BCUT2D eigenvalue weighted by Gasteiger charge is 2.26. The van der Waals surface area contributed by atoms with Crippen molar-refractivity contribution in [2.24, 2.45) is 0 Å². The average Bonchev–Trinajstić information content (AvgIpc) is 3.20. The Labute approximate surface area is 131 Å². The van der Waals surface area contributed by atoms with E-state index < -0.39 is 0 Å². The molecule has 1 saturated carbocycles. The second-order valence-electron chi connectivity index (χ2n) is 5.39. The summed E-state index contributed by atoms with van der Waals surface area (Å²) in [6, 6.07) is 0. The van der Waals surface area contributed by atoms with Crippen LogP contribution in [0, 0.1) is 0 Å². The lowest BCUT2D eigenvalue weighted by Gasteiger charge is -2.07. The van der Waals surface area contributed by atoms with Crippen LogP contribution in [0.3, 0.4) is 0 Å². The van der Waals surface area contributed by atoms with Crippen molar-refractivity contribution in [1.29, 1.82) is 0 Å². The first-order valence-corrected chi connectivity index (χ1v) is 8.09. The molecule has 0 saturated heterocycles. The molecule has 1 aliphatic rings. The van der Waals surface area contributed by atoms with Gasteiger partial charge in [0.05, 0.1) is 16.9 Å². The number of anilines is 1. The molecule has 0 atom stereocenters. The summed E-state index contributed by atoms with van der Waals surface area (Å²) >= 11 is 7.45. The standard InChI is InChI=1S/C14H15ClN4OS/c1-7(2)12-16-5-9(15)11(18-12)13(20)19-14-17-10(6-21-14)8-3-4-8/h5-8H,3-4H2,1-2H3,(H,17,19,20). The zero-order valence-corrected chi connectivity index (χ0v) is 13.3. The lowest BCUT2D eigenvalue weighted by Crippen LogP contribution is -2.16. The van der Waals surface area contributed by atoms with Crippen LogP contribution in [0.4, 0.5) is 5.13 Å². The molecule has 110 valence electrons. The van der Waals surface area contributed by atoms with E-state index in [0.29, 0.717) is 16.9 Å². The normalized spacial score (nSPS) is 14.5. The number of halogens is 1. The molecule has 0 bridgehead atoms. The number of hydrogen-bond donors (Lipinski definition) is 1. The van der Waals surface area contributed by atoms with Crippen LogP contribution in [0.1, 0.15) is 60.5 Å². The molecule has 2 aromatic heterocycles. The van der Waals surface area contributed by atoms with Gasteiger partial charge >= 0.3 is 0 Å². The van der Waals surface area contributed by atoms with Gasteiger partial charge in [0.1, 0.15) is 5.82 Å². The first-order valence-electron chi connectivity index (χ1n) is 6.84. The largest absolute Gasteiger partial charge is 0.296 e. The van der Waals surface area contributed by atoms with Gasteiger partial charge < -0.3 is 0 Å². The minimum absolute atomic E-state index is 0.134. The van der Waals surface area contributed by atoms with Crippen LogP contribution in [0.5, 0.6) is 0 Å². The number of nitrogens with zero attached hydrogens (tertiary/aromatic N) is 3. The first-order chi connectivity index (χ1) is 10.0. The lowest BCUT2D eigenvalue weighted by atomic mass is 10.2. The third-order valence-electron chi connectivity index (χ3n) is 3.23. The van der Waals surface area contributed by atoms with Crippen LogP contribution in [-0.4, -0.2) is 20.9 Å². The predicted octanol–water partition coefficient (Wildman–Crippen LogP) is 3.84. The van der Waals surface area contributed by atoms with Crippen molar-refractivity contribution in [2.45, 2.75) is 38.5 Å². The van der Waals surface area contributed by atoms with Gasteiger partial charge in [0.2, 0.25) is 0 Å². The van der Waals surface area contributed by atoms with Crippen molar-refractivity contribution < 1.29 is 4.79 Å². The van der Waals surface area contributed by atoms with Crippen molar-refractivity contribution in [1.82, 2.24) is 15.0 Å². The molecule has 0 radical (unpaired) electrons. The van der Waals surface area contributed by atoms with Crippen LogP contribution in [0.2, 0.25) is 5.02 Å². The van der Waals surface area contributed by atoms with Gasteiger partial charge in [-0.25, -0.2) is 15.0 Å². The van der Waals surface area contributed by atoms with E-state index in [2.05, 4.69) is 20.3 Å². The van der Waals surface area contributed by atoms with Gasteiger partial charge in [0, 0.05) is 17.2 Å². The van der Waals surface area contributed by atoms with E-state index in [4.69, 9.17) is 11.6 Å². The Bertz CT molecular complexity index is 681. The van der Waals surface area contributed by atoms with E-state index in [1.807, 2.05) is 19.2 Å². The number of thiazole rings is 1. The van der Waals surface area contributed by atoms with Crippen LogP contribution >= 0.6 is 22.9 Å². The van der Waals surface area contributed by atoms with Gasteiger partial charge in [-0.1, -0.05) is 25.4 Å². The monoisotopic (exact) mass is 322 g/mol. The molecule has 21 heavy (non-hydrogen) atoms. The number of hydrogen-bond acceptors (Lipinski definition) is 5. The number of rotatable bonds is 4. The summed E-state index contributed by atoms with van der Waals surface area (Å²) < 4.78 is 0. The van der Waals surface area contributed by atoms with E-state index in [-0.39, 0.29) is 22.5 Å². The molecule has 1 fully saturated rings. The minimum atomic E-state index is -0.346. The predicted molar refractivity (Wildman–Crippen MR) is 83.2 cm³/mol. The van der Waals surface area contributed by atoms with Crippen LogP contribution in [-0.2, 0) is 0 Å². The molecular weight excluding hydrogens is 308 g/mol. The van der Waals surface area contributed by atoms with Gasteiger partial charge in [-0.05, 0) is 12.8 Å². The molecule has 1 N–H and O–H groups in total. The van der Waals surface area contributed by atoms with Crippen molar-refractivity contribution in [2.75, 3.05) is 5.32 Å². The molecule has 1 aliphatic carbocycles. The zero-order valence-electron chi connectivity index (χ0n) is 11.8. The zero-order chi connectivity index (χ0) is 15.0.